The van der Waals surface area contributed by atoms with Gasteiger partial charge < -0.3 is 9.47 Å². The van der Waals surface area contributed by atoms with Gasteiger partial charge in [-0.3, -0.25) is 14.8 Å². The van der Waals surface area contributed by atoms with E-state index in [2.05, 4.69) is 43.5 Å². The Balaban J connectivity index is 1.51. The van der Waals surface area contributed by atoms with Gasteiger partial charge in [-0.2, -0.15) is 0 Å². The number of nitrogens with one attached hydrogen (secondary N) is 1. The van der Waals surface area contributed by atoms with Crippen LogP contribution in [0.5, 0.6) is 11.5 Å². The first-order valence-corrected chi connectivity index (χ1v) is 11.9. The molecule has 2 atom stereocenters. The average molecular weight is 468 g/mol. The lowest BCUT2D eigenvalue weighted by Crippen LogP contribution is -2.40. The van der Waals surface area contributed by atoms with Crippen LogP contribution in [0, 0.1) is 19.8 Å². The number of hydrogen-bond donors (Lipinski definition) is 1. The van der Waals surface area contributed by atoms with E-state index in [9.17, 15) is 4.79 Å². The summed E-state index contributed by atoms with van der Waals surface area (Å²) in [6.07, 6.45) is 1.70. The van der Waals surface area contributed by atoms with E-state index in [0.29, 0.717) is 13.2 Å². The zero-order valence-corrected chi connectivity index (χ0v) is 20.2. The van der Waals surface area contributed by atoms with Crippen molar-refractivity contribution in [2.45, 2.75) is 26.9 Å². The molecule has 3 aromatic rings. The zero-order valence-electron chi connectivity index (χ0n) is 20.2. The minimum atomic E-state index is -0.389. The third-order valence-corrected chi connectivity index (χ3v) is 6.29. The largest absolute Gasteiger partial charge is 0.466 e. The maximum absolute atomic E-state index is 12.7. The van der Waals surface area contributed by atoms with Crippen LogP contribution in [-0.4, -0.2) is 36.0 Å². The molecular weight excluding hydrogens is 438 g/mol. The molecule has 0 radical (unpaired) electrons. The maximum atomic E-state index is 12.7. The Morgan fingerprint density at radius 3 is 2.49 bits per heavy atom. The fourth-order valence-corrected chi connectivity index (χ4v) is 4.57. The van der Waals surface area contributed by atoms with E-state index in [1.807, 2.05) is 66.5 Å². The molecule has 178 valence electrons. The standard InChI is InChI=1S/C29H29N3O3/c1-4-34-29(33)25-18-30-32-27(24-15-10-19(2)16-20(24)3)17-26(31-28(25)32)21-11-13-23(14-12-21)35-22-8-6-5-7-9-22/h5-17,25,28,30H,4,18H2,1-3H3. The van der Waals surface area contributed by atoms with Crippen LogP contribution in [0.25, 0.3) is 5.70 Å². The van der Waals surface area contributed by atoms with Gasteiger partial charge in [0.25, 0.3) is 0 Å². The third kappa shape index (κ3) is 4.70. The Morgan fingerprint density at radius 1 is 1.03 bits per heavy atom. The fourth-order valence-electron chi connectivity index (χ4n) is 4.57. The van der Waals surface area contributed by atoms with E-state index in [4.69, 9.17) is 14.5 Å². The summed E-state index contributed by atoms with van der Waals surface area (Å²) in [5, 5.41) is 2.01. The number of carbonyl (C=O) groups excluding carboxylic acids is 1. The van der Waals surface area contributed by atoms with Crippen LogP contribution in [0.4, 0.5) is 0 Å². The number of ether oxygens (including phenoxy) is 2. The van der Waals surface area contributed by atoms with Crippen molar-refractivity contribution in [2.75, 3.05) is 13.2 Å². The van der Waals surface area contributed by atoms with Crippen LogP contribution in [0.3, 0.4) is 0 Å². The third-order valence-electron chi connectivity index (χ3n) is 6.29. The molecule has 6 heteroatoms. The number of hydrogen-bond acceptors (Lipinski definition) is 6. The summed E-state index contributed by atoms with van der Waals surface area (Å²) in [7, 11) is 0. The van der Waals surface area contributed by atoms with Crippen molar-refractivity contribution < 1.29 is 14.3 Å². The van der Waals surface area contributed by atoms with Crippen molar-refractivity contribution in [3.8, 4) is 11.5 Å². The number of allylic oxidation sites excluding steroid dienone is 1. The number of para-hydroxylation sites is 1. The summed E-state index contributed by atoms with van der Waals surface area (Å²) in [5.74, 6) is 0.921. The molecule has 0 amide bonds. The van der Waals surface area contributed by atoms with Gasteiger partial charge in [0.2, 0.25) is 0 Å². The Hall–Kier alpha value is -3.90. The molecule has 2 aliphatic rings. The second-order valence-electron chi connectivity index (χ2n) is 8.81. The number of aryl methyl sites for hydroxylation is 2. The Labute approximate surface area is 205 Å². The van der Waals surface area contributed by atoms with E-state index in [1.165, 1.54) is 11.1 Å². The summed E-state index contributed by atoms with van der Waals surface area (Å²) in [4.78, 5) is 17.7. The van der Waals surface area contributed by atoms with Gasteiger partial charge in [0.1, 0.15) is 17.4 Å². The smallest absolute Gasteiger partial charge is 0.314 e. The van der Waals surface area contributed by atoms with Crippen molar-refractivity contribution in [3.05, 3.63) is 101 Å². The number of fused-ring (bicyclic) bond motifs is 1. The van der Waals surface area contributed by atoms with Crippen molar-refractivity contribution in [1.82, 2.24) is 10.4 Å². The number of nitrogens with zero attached hydrogens (tertiary/aromatic N) is 2. The predicted molar refractivity (Wildman–Crippen MR) is 137 cm³/mol. The van der Waals surface area contributed by atoms with Crippen LogP contribution >= 0.6 is 0 Å². The van der Waals surface area contributed by atoms with E-state index in [1.54, 1.807) is 0 Å². The second kappa shape index (κ2) is 9.76. The van der Waals surface area contributed by atoms with E-state index in [0.717, 1.165) is 34.0 Å². The van der Waals surface area contributed by atoms with Gasteiger partial charge in [0.15, 0.2) is 6.17 Å². The lowest BCUT2D eigenvalue weighted by Gasteiger charge is -2.32. The van der Waals surface area contributed by atoms with Crippen LogP contribution in [0.1, 0.15) is 29.2 Å². The minimum absolute atomic E-state index is 0.232. The summed E-state index contributed by atoms with van der Waals surface area (Å²) >= 11 is 0. The molecule has 0 aliphatic carbocycles. The average Bonchev–Trinajstić information content (AvgIpc) is 3.29. The number of aliphatic imine (C=N–C) groups is 1. The molecule has 0 spiro atoms. The van der Waals surface area contributed by atoms with Crippen molar-refractivity contribution in [2.24, 2.45) is 10.9 Å². The molecule has 1 saturated heterocycles. The highest BCUT2D eigenvalue weighted by molar-refractivity contribution is 6.13. The quantitative estimate of drug-likeness (QED) is 0.501. The van der Waals surface area contributed by atoms with Crippen LogP contribution in [0.15, 0.2) is 83.9 Å². The van der Waals surface area contributed by atoms with Crippen LogP contribution in [-0.2, 0) is 9.53 Å². The molecule has 2 unspecified atom stereocenters. The lowest BCUT2D eigenvalue weighted by molar-refractivity contribution is -0.148. The number of esters is 1. The predicted octanol–water partition coefficient (Wildman–Crippen LogP) is 5.27. The van der Waals surface area contributed by atoms with E-state index >= 15 is 0 Å². The highest BCUT2D eigenvalue weighted by Crippen LogP contribution is 2.34. The second-order valence-corrected chi connectivity index (χ2v) is 8.81. The zero-order chi connectivity index (χ0) is 24.4. The monoisotopic (exact) mass is 467 g/mol. The molecule has 35 heavy (non-hydrogen) atoms. The molecule has 2 aliphatic heterocycles. The topological polar surface area (TPSA) is 63.2 Å². The van der Waals surface area contributed by atoms with Crippen LogP contribution in [0.2, 0.25) is 0 Å². The van der Waals surface area contributed by atoms with Crippen molar-refractivity contribution in [3.63, 3.8) is 0 Å². The molecule has 0 bridgehead atoms. The SMILES string of the molecule is CCOC(=O)C1CNN2C(c3ccc(C)cc3C)=CC(c3ccc(Oc4ccccc4)cc3)=NC12. The summed E-state index contributed by atoms with van der Waals surface area (Å²) < 4.78 is 11.3. The molecular formula is C29H29N3O3. The van der Waals surface area contributed by atoms with Crippen molar-refractivity contribution >= 4 is 17.4 Å². The summed E-state index contributed by atoms with van der Waals surface area (Å²) in [6, 6.07) is 24.0. The Morgan fingerprint density at radius 2 is 1.77 bits per heavy atom. The van der Waals surface area contributed by atoms with E-state index in [-0.39, 0.29) is 18.1 Å². The van der Waals surface area contributed by atoms with Gasteiger partial charge in [0, 0.05) is 17.7 Å². The molecule has 2 heterocycles. The normalized spacial score (nSPS) is 19.0. The summed E-state index contributed by atoms with van der Waals surface area (Å²) in [5.41, 5.74) is 9.65. The fraction of sp³-hybridized carbons (Fsp3) is 0.241. The van der Waals surface area contributed by atoms with Gasteiger partial charge in [-0.15, -0.1) is 0 Å². The molecule has 5 rings (SSSR count). The van der Waals surface area contributed by atoms with Crippen molar-refractivity contribution in [1.29, 1.82) is 0 Å². The molecule has 1 N–H and O–H groups in total. The van der Waals surface area contributed by atoms with Gasteiger partial charge >= 0.3 is 5.97 Å². The van der Waals surface area contributed by atoms with Crippen LogP contribution < -0.4 is 10.2 Å². The highest BCUT2D eigenvalue weighted by atomic mass is 16.5. The summed E-state index contributed by atoms with van der Waals surface area (Å²) in [6.45, 7) is 6.85. The number of hydrazine groups is 1. The molecule has 0 saturated carbocycles. The van der Waals surface area contributed by atoms with E-state index < -0.39 is 0 Å². The number of rotatable bonds is 6. The Kier molecular flexibility index (Phi) is 6.38. The number of carbonyl (C=O) groups is 1. The number of benzene rings is 3. The lowest BCUT2D eigenvalue weighted by atomic mass is 9.97. The first-order chi connectivity index (χ1) is 17.0. The molecule has 0 aromatic heterocycles. The molecule has 6 nitrogen and oxygen atoms in total. The maximum Gasteiger partial charge on any atom is 0.314 e. The first kappa shape index (κ1) is 22.9. The van der Waals surface area contributed by atoms with Gasteiger partial charge in [0.05, 0.1) is 18.0 Å². The highest BCUT2D eigenvalue weighted by Gasteiger charge is 2.43. The molecule has 3 aromatic carbocycles. The van der Waals surface area contributed by atoms with Gasteiger partial charge in [-0.05, 0) is 68.8 Å². The first-order valence-electron chi connectivity index (χ1n) is 11.9. The van der Waals surface area contributed by atoms with Gasteiger partial charge in [-0.25, -0.2) is 5.43 Å². The van der Waals surface area contributed by atoms with Gasteiger partial charge in [-0.1, -0.05) is 42.0 Å². The Bertz CT molecular complexity index is 1280. The minimum Gasteiger partial charge on any atom is -0.466 e. The molecule has 1 fully saturated rings.